The van der Waals surface area contributed by atoms with Crippen LogP contribution in [0.25, 0.3) is 11.3 Å². The molecule has 1 aliphatic heterocycles. The van der Waals surface area contributed by atoms with Crippen molar-refractivity contribution in [1.29, 1.82) is 0 Å². The number of halogens is 3. The Morgan fingerprint density at radius 1 is 1.29 bits per heavy atom. The number of nitrogens with two attached hydrogens (primary N) is 1. The minimum absolute atomic E-state index is 0.227. The Balaban J connectivity index is 2.13. The van der Waals surface area contributed by atoms with Crippen molar-refractivity contribution in [3.63, 3.8) is 0 Å². The summed E-state index contributed by atoms with van der Waals surface area (Å²) in [4.78, 5) is 11.3. The van der Waals surface area contributed by atoms with E-state index < -0.39 is 18.5 Å². The quantitative estimate of drug-likeness (QED) is 0.909. The lowest BCUT2D eigenvalue weighted by Crippen LogP contribution is -2.16. The zero-order valence-electron chi connectivity index (χ0n) is 11.1. The van der Waals surface area contributed by atoms with E-state index in [2.05, 4.69) is 0 Å². The van der Waals surface area contributed by atoms with Crippen molar-refractivity contribution in [1.82, 2.24) is 4.57 Å². The number of carbonyl (C=O) groups excluding carboxylic acids is 1. The van der Waals surface area contributed by atoms with Crippen molar-refractivity contribution in [2.45, 2.75) is 25.6 Å². The fraction of sp³-hybridized carbons (Fsp3) is 0.267. The van der Waals surface area contributed by atoms with Crippen molar-refractivity contribution < 1.29 is 18.0 Å². The molecule has 0 saturated carbocycles. The molecule has 110 valence electrons. The summed E-state index contributed by atoms with van der Waals surface area (Å²) in [6.07, 6.45) is -2.85. The largest absolute Gasteiger partial charge is 0.393 e. The number of hydrogen-bond donors (Lipinski definition) is 1. The number of carbonyl (C=O) groups is 1. The van der Waals surface area contributed by atoms with Crippen LogP contribution in [0.4, 0.5) is 13.2 Å². The molecule has 1 aromatic carbocycles. The van der Waals surface area contributed by atoms with Crippen LogP contribution < -0.4 is 5.73 Å². The highest BCUT2D eigenvalue weighted by Crippen LogP contribution is 2.36. The van der Waals surface area contributed by atoms with E-state index in [1.165, 1.54) is 6.07 Å². The van der Waals surface area contributed by atoms with Gasteiger partial charge in [0.15, 0.2) is 0 Å². The van der Waals surface area contributed by atoms with Gasteiger partial charge >= 0.3 is 6.18 Å². The zero-order valence-corrected chi connectivity index (χ0v) is 11.1. The van der Waals surface area contributed by atoms with Crippen LogP contribution in [-0.2, 0) is 19.4 Å². The summed E-state index contributed by atoms with van der Waals surface area (Å²) in [5.41, 5.74) is 7.94. The fourth-order valence-corrected chi connectivity index (χ4v) is 2.80. The van der Waals surface area contributed by atoms with Crippen LogP contribution in [0.2, 0.25) is 0 Å². The van der Waals surface area contributed by atoms with Crippen LogP contribution >= 0.6 is 0 Å². The molecule has 0 radical (unpaired) electrons. The zero-order chi connectivity index (χ0) is 15.2. The molecule has 2 heterocycles. The molecule has 21 heavy (non-hydrogen) atoms. The second kappa shape index (κ2) is 4.65. The summed E-state index contributed by atoms with van der Waals surface area (Å²) in [6, 6.07) is 6.46. The Hall–Kier alpha value is -2.24. The van der Waals surface area contributed by atoms with Crippen molar-refractivity contribution in [3.05, 3.63) is 47.2 Å². The van der Waals surface area contributed by atoms with Gasteiger partial charge in [-0.3, -0.25) is 4.79 Å². The monoisotopic (exact) mass is 294 g/mol. The number of benzene rings is 1. The van der Waals surface area contributed by atoms with E-state index in [1.807, 2.05) is 0 Å². The summed E-state index contributed by atoms with van der Waals surface area (Å²) >= 11 is 0. The van der Waals surface area contributed by atoms with Crippen LogP contribution in [0.1, 0.15) is 21.5 Å². The van der Waals surface area contributed by atoms with Gasteiger partial charge in [0.05, 0.1) is 12.1 Å². The van der Waals surface area contributed by atoms with Gasteiger partial charge in [0, 0.05) is 23.9 Å². The summed E-state index contributed by atoms with van der Waals surface area (Å²) in [7, 11) is 0. The Morgan fingerprint density at radius 3 is 2.71 bits per heavy atom. The lowest BCUT2D eigenvalue weighted by atomic mass is 9.93. The molecule has 2 aromatic rings. The molecule has 6 heteroatoms. The Labute approximate surface area is 119 Å². The van der Waals surface area contributed by atoms with Crippen LogP contribution in [0.5, 0.6) is 0 Å². The standard InChI is InChI=1S/C15H13F3N2O/c16-15(17,18)8-11-4-6-20-5-3-9-1-2-10(14(19)21)7-12(9)13(11)20/h1-2,4,6-7H,3,5,8H2,(H2,19,21). The van der Waals surface area contributed by atoms with Gasteiger partial charge < -0.3 is 10.3 Å². The predicted molar refractivity (Wildman–Crippen MR) is 71.8 cm³/mol. The summed E-state index contributed by atoms with van der Waals surface area (Å²) < 4.78 is 39.9. The summed E-state index contributed by atoms with van der Waals surface area (Å²) in [6.45, 7) is 0.635. The average molecular weight is 294 g/mol. The normalized spacial score (nSPS) is 13.7. The molecule has 3 nitrogen and oxygen atoms in total. The Bertz CT molecular complexity index is 716. The molecule has 0 unspecified atom stereocenters. The third-order valence-electron chi connectivity index (χ3n) is 3.71. The molecule has 0 saturated heterocycles. The number of fused-ring (bicyclic) bond motifs is 3. The lowest BCUT2D eigenvalue weighted by molar-refractivity contribution is -0.127. The van der Waals surface area contributed by atoms with Crippen molar-refractivity contribution >= 4 is 5.91 Å². The maximum absolute atomic E-state index is 12.7. The first-order valence-electron chi connectivity index (χ1n) is 6.53. The first-order chi connectivity index (χ1) is 9.85. The maximum Gasteiger partial charge on any atom is 0.393 e. The van der Waals surface area contributed by atoms with Crippen LogP contribution in [0.3, 0.4) is 0 Å². The molecule has 0 fully saturated rings. The highest BCUT2D eigenvalue weighted by atomic mass is 19.4. The molecule has 0 atom stereocenters. The molecule has 0 spiro atoms. The van der Waals surface area contributed by atoms with E-state index in [4.69, 9.17) is 5.73 Å². The number of alkyl halides is 3. The molecule has 0 bridgehead atoms. The first kappa shape index (κ1) is 13.7. The molecule has 1 amide bonds. The SMILES string of the molecule is NC(=O)c1ccc2c(c1)-c1c(CC(F)(F)F)ccn1CC2. The van der Waals surface area contributed by atoms with Gasteiger partial charge in [-0.15, -0.1) is 0 Å². The van der Waals surface area contributed by atoms with E-state index in [-0.39, 0.29) is 5.56 Å². The molecule has 0 aliphatic carbocycles. The van der Waals surface area contributed by atoms with E-state index in [0.29, 0.717) is 23.4 Å². The second-order valence-electron chi connectivity index (χ2n) is 5.16. The summed E-state index contributed by atoms with van der Waals surface area (Å²) in [5, 5.41) is 0. The van der Waals surface area contributed by atoms with Gasteiger partial charge in [-0.2, -0.15) is 13.2 Å². The lowest BCUT2D eigenvalue weighted by Gasteiger charge is -2.22. The van der Waals surface area contributed by atoms with Gasteiger partial charge in [-0.05, 0) is 35.7 Å². The Morgan fingerprint density at radius 2 is 2.05 bits per heavy atom. The molecule has 3 rings (SSSR count). The third-order valence-corrected chi connectivity index (χ3v) is 3.71. The Kier molecular flexibility index (Phi) is 3.04. The van der Waals surface area contributed by atoms with Crippen LogP contribution in [0, 0.1) is 0 Å². The number of primary amides is 1. The molecular weight excluding hydrogens is 281 g/mol. The van der Waals surface area contributed by atoms with Crippen molar-refractivity contribution in [2.75, 3.05) is 0 Å². The smallest absolute Gasteiger partial charge is 0.366 e. The van der Waals surface area contributed by atoms with Gasteiger partial charge in [0.1, 0.15) is 0 Å². The van der Waals surface area contributed by atoms with Gasteiger partial charge in [0.25, 0.3) is 0 Å². The van der Waals surface area contributed by atoms with E-state index in [0.717, 1.165) is 12.0 Å². The third kappa shape index (κ3) is 2.53. The van der Waals surface area contributed by atoms with Crippen LogP contribution in [0.15, 0.2) is 30.5 Å². The number of rotatable bonds is 2. The first-order valence-corrected chi connectivity index (χ1v) is 6.53. The number of nitrogens with zero attached hydrogens (tertiary/aromatic N) is 1. The van der Waals surface area contributed by atoms with E-state index in [9.17, 15) is 18.0 Å². The highest BCUT2D eigenvalue weighted by molar-refractivity contribution is 5.94. The van der Waals surface area contributed by atoms with Crippen LogP contribution in [-0.4, -0.2) is 16.7 Å². The average Bonchev–Trinajstić information content (AvgIpc) is 2.79. The van der Waals surface area contributed by atoms with Gasteiger partial charge in [-0.25, -0.2) is 0 Å². The summed E-state index contributed by atoms with van der Waals surface area (Å²) in [5.74, 6) is -0.584. The topological polar surface area (TPSA) is 48.0 Å². The van der Waals surface area contributed by atoms with Gasteiger partial charge in [-0.1, -0.05) is 6.07 Å². The number of aryl methyl sites for hydroxylation is 2. The molecular formula is C15H13F3N2O. The second-order valence-corrected chi connectivity index (χ2v) is 5.16. The molecule has 1 aliphatic rings. The van der Waals surface area contributed by atoms with E-state index >= 15 is 0 Å². The van der Waals surface area contributed by atoms with Gasteiger partial charge in [0.2, 0.25) is 5.91 Å². The highest BCUT2D eigenvalue weighted by Gasteiger charge is 2.31. The molecule has 1 aromatic heterocycles. The van der Waals surface area contributed by atoms with Crippen molar-refractivity contribution in [2.24, 2.45) is 5.73 Å². The minimum atomic E-state index is -4.26. The predicted octanol–water partition coefficient (Wildman–Crippen LogP) is 2.91. The minimum Gasteiger partial charge on any atom is -0.366 e. The number of hydrogen-bond acceptors (Lipinski definition) is 1. The van der Waals surface area contributed by atoms with Crippen molar-refractivity contribution in [3.8, 4) is 11.3 Å². The molecule has 2 N–H and O–H groups in total. The van der Waals surface area contributed by atoms with E-state index in [1.54, 1.807) is 29.0 Å². The maximum atomic E-state index is 12.7. The number of amides is 1. The fourth-order valence-electron chi connectivity index (χ4n) is 2.80. The number of aromatic nitrogens is 1.